The predicted molar refractivity (Wildman–Crippen MR) is 68.2 cm³/mol. The van der Waals surface area contributed by atoms with Gasteiger partial charge in [0.05, 0.1) is 0 Å². The molecule has 0 radical (unpaired) electrons. The Morgan fingerprint density at radius 2 is 2.10 bits per heavy atom. The highest BCUT2D eigenvalue weighted by atomic mass is 19.4. The van der Waals surface area contributed by atoms with Crippen LogP contribution in [0.2, 0.25) is 0 Å². The molecule has 1 atom stereocenters. The molecule has 20 heavy (non-hydrogen) atoms. The van der Waals surface area contributed by atoms with Crippen LogP contribution in [0.15, 0.2) is 36.4 Å². The Labute approximate surface area is 114 Å². The number of rotatable bonds is 3. The SMILES string of the molecule is O=C(Nc1cccc(OC(F)(F)F)c1)C1CC=CCC1. The molecule has 0 fully saturated rings. The van der Waals surface area contributed by atoms with E-state index in [1.807, 2.05) is 12.2 Å². The van der Waals surface area contributed by atoms with Gasteiger partial charge in [-0.25, -0.2) is 0 Å². The van der Waals surface area contributed by atoms with Crippen molar-refractivity contribution >= 4 is 11.6 Å². The molecular weight excluding hydrogens is 271 g/mol. The van der Waals surface area contributed by atoms with Gasteiger partial charge in [0.2, 0.25) is 5.91 Å². The number of nitrogens with one attached hydrogen (secondary N) is 1. The minimum absolute atomic E-state index is 0.132. The molecule has 1 aliphatic rings. The lowest BCUT2D eigenvalue weighted by Gasteiger charge is -2.17. The molecule has 0 aromatic heterocycles. The number of allylic oxidation sites excluding steroid dienone is 2. The highest BCUT2D eigenvalue weighted by Crippen LogP contribution is 2.26. The van der Waals surface area contributed by atoms with Crippen LogP contribution in [0.1, 0.15) is 19.3 Å². The number of benzene rings is 1. The van der Waals surface area contributed by atoms with E-state index >= 15 is 0 Å². The first-order chi connectivity index (χ1) is 9.44. The summed E-state index contributed by atoms with van der Waals surface area (Å²) < 4.78 is 40.1. The topological polar surface area (TPSA) is 38.3 Å². The minimum atomic E-state index is -4.74. The maximum absolute atomic E-state index is 12.1. The van der Waals surface area contributed by atoms with Gasteiger partial charge in [-0.05, 0) is 31.4 Å². The van der Waals surface area contributed by atoms with Gasteiger partial charge in [0.25, 0.3) is 0 Å². The molecule has 0 spiro atoms. The van der Waals surface area contributed by atoms with E-state index in [1.54, 1.807) is 0 Å². The van der Waals surface area contributed by atoms with Crippen molar-refractivity contribution in [1.29, 1.82) is 0 Å². The molecule has 108 valence electrons. The molecule has 0 heterocycles. The number of hydrogen-bond donors (Lipinski definition) is 1. The summed E-state index contributed by atoms with van der Waals surface area (Å²) in [6, 6.07) is 5.27. The molecule has 0 aliphatic heterocycles. The molecule has 1 N–H and O–H groups in total. The Morgan fingerprint density at radius 3 is 2.75 bits per heavy atom. The average molecular weight is 285 g/mol. The third-order valence-electron chi connectivity index (χ3n) is 2.98. The summed E-state index contributed by atoms with van der Waals surface area (Å²) in [7, 11) is 0. The summed E-state index contributed by atoms with van der Waals surface area (Å²) in [6.45, 7) is 0. The number of carbonyl (C=O) groups is 1. The molecule has 0 saturated heterocycles. The molecule has 1 amide bonds. The highest BCUT2D eigenvalue weighted by Gasteiger charge is 2.31. The summed E-state index contributed by atoms with van der Waals surface area (Å²) in [5, 5.41) is 2.62. The van der Waals surface area contributed by atoms with Gasteiger partial charge in [-0.15, -0.1) is 13.2 Å². The Bertz CT molecular complexity index is 511. The number of amides is 1. The standard InChI is InChI=1S/C14H14F3NO2/c15-14(16,17)20-12-8-4-7-11(9-12)18-13(19)10-5-2-1-3-6-10/h1-2,4,7-10H,3,5-6H2,(H,18,19). The van der Waals surface area contributed by atoms with E-state index in [2.05, 4.69) is 10.1 Å². The van der Waals surface area contributed by atoms with Crippen LogP contribution < -0.4 is 10.1 Å². The van der Waals surface area contributed by atoms with Crippen molar-refractivity contribution in [3.8, 4) is 5.75 Å². The third-order valence-corrected chi connectivity index (χ3v) is 2.98. The Kier molecular flexibility index (Phi) is 4.32. The zero-order valence-corrected chi connectivity index (χ0v) is 10.6. The first-order valence-electron chi connectivity index (χ1n) is 6.26. The van der Waals surface area contributed by atoms with Crippen LogP contribution in [-0.2, 0) is 4.79 Å². The molecular formula is C14H14F3NO2. The van der Waals surface area contributed by atoms with Gasteiger partial charge in [-0.3, -0.25) is 4.79 Å². The van der Waals surface area contributed by atoms with Crippen LogP contribution >= 0.6 is 0 Å². The number of alkyl halides is 3. The molecule has 0 saturated carbocycles. The first-order valence-corrected chi connectivity index (χ1v) is 6.26. The summed E-state index contributed by atoms with van der Waals surface area (Å²) in [5.74, 6) is -0.662. The third kappa shape index (κ3) is 4.29. The lowest BCUT2D eigenvalue weighted by molar-refractivity contribution is -0.274. The highest BCUT2D eigenvalue weighted by molar-refractivity contribution is 5.92. The second-order valence-corrected chi connectivity index (χ2v) is 4.55. The van der Waals surface area contributed by atoms with Crippen molar-refractivity contribution in [1.82, 2.24) is 0 Å². The first kappa shape index (κ1) is 14.4. The van der Waals surface area contributed by atoms with Crippen molar-refractivity contribution in [2.45, 2.75) is 25.6 Å². The molecule has 1 aromatic carbocycles. The lowest BCUT2D eigenvalue weighted by Crippen LogP contribution is -2.23. The molecule has 1 aliphatic carbocycles. The minimum Gasteiger partial charge on any atom is -0.406 e. The quantitative estimate of drug-likeness (QED) is 0.856. The van der Waals surface area contributed by atoms with Crippen LogP contribution in [-0.4, -0.2) is 12.3 Å². The van der Waals surface area contributed by atoms with E-state index in [-0.39, 0.29) is 17.6 Å². The smallest absolute Gasteiger partial charge is 0.406 e. The number of anilines is 1. The number of carbonyl (C=O) groups excluding carboxylic acids is 1. The van der Waals surface area contributed by atoms with E-state index < -0.39 is 6.36 Å². The zero-order valence-electron chi connectivity index (χ0n) is 10.6. The number of hydrogen-bond acceptors (Lipinski definition) is 2. The fourth-order valence-electron chi connectivity index (χ4n) is 2.05. The molecule has 3 nitrogen and oxygen atoms in total. The summed E-state index contributed by atoms with van der Waals surface area (Å²) in [5.41, 5.74) is 0.298. The van der Waals surface area contributed by atoms with Crippen molar-refractivity contribution in [3.63, 3.8) is 0 Å². The second-order valence-electron chi connectivity index (χ2n) is 4.55. The molecule has 1 aromatic rings. The van der Waals surface area contributed by atoms with E-state index in [4.69, 9.17) is 0 Å². The van der Waals surface area contributed by atoms with Crippen molar-refractivity contribution in [3.05, 3.63) is 36.4 Å². The van der Waals surface area contributed by atoms with Gasteiger partial charge >= 0.3 is 6.36 Å². The van der Waals surface area contributed by atoms with Crippen LogP contribution in [0.25, 0.3) is 0 Å². The molecule has 1 unspecified atom stereocenters. The van der Waals surface area contributed by atoms with Crippen molar-refractivity contribution in [2.75, 3.05) is 5.32 Å². The van der Waals surface area contributed by atoms with E-state index in [1.165, 1.54) is 18.2 Å². The summed E-state index contributed by atoms with van der Waals surface area (Å²) in [4.78, 5) is 12.0. The van der Waals surface area contributed by atoms with E-state index in [9.17, 15) is 18.0 Å². The second kappa shape index (κ2) is 5.98. The molecule has 0 bridgehead atoms. The Morgan fingerprint density at radius 1 is 1.30 bits per heavy atom. The van der Waals surface area contributed by atoms with Gasteiger partial charge < -0.3 is 10.1 Å². The van der Waals surface area contributed by atoms with Gasteiger partial charge in [-0.1, -0.05) is 18.2 Å². The zero-order chi connectivity index (χ0) is 14.6. The normalized spacial score (nSPS) is 18.6. The van der Waals surface area contributed by atoms with Gasteiger partial charge in [0.1, 0.15) is 5.75 Å². The summed E-state index contributed by atoms with van der Waals surface area (Å²) in [6.07, 6.45) is 1.47. The van der Waals surface area contributed by atoms with Crippen LogP contribution in [0.4, 0.5) is 18.9 Å². The van der Waals surface area contributed by atoms with Crippen LogP contribution in [0.5, 0.6) is 5.75 Å². The van der Waals surface area contributed by atoms with E-state index in [0.29, 0.717) is 12.1 Å². The fraction of sp³-hybridized carbons (Fsp3) is 0.357. The van der Waals surface area contributed by atoms with Crippen molar-refractivity contribution in [2.24, 2.45) is 5.92 Å². The predicted octanol–water partition coefficient (Wildman–Crippen LogP) is 3.88. The van der Waals surface area contributed by atoms with Crippen LogP contribution in [0.3, 0.4) is 0 Å². The summed E-state index contributed by atoms with van der Waals surface area (Å²) >= 11 is 0. The van der Waals surface area contributed by atoms with Gasteiger partial charge in [-0.2, -0.15) is 0 Å². The largest absolute Gasteiger partial charge is 0.573 e. The number of ether oxygens (including phenoxy) is 1. The van der Waals surface area contributed by atoms with Crippen LogP contribution in [0, 0.1) is 5.92 Å². The monoisotopic (exact) mass is 285 g/mol. The van der Waals surface area contributed by atoms with Gasteiger partial charge in [0.15, 0.2) is 0 Å². The molecule has 2 rings (SSSR count). The lowest BCUT2D eigenvalue weighted by atomic mass is 9.93. The Hall–Kier alpha value is -1.98. The van der Waals surface area contributed by atoms with Crippen molar-refractivity contribution < 1.29 is 22.7 Å². The maximum atomic E-state index is 12.1. The Balaban J connectivity index is 2.00. The molecule has 6 heteroatoms. The fourth-order valence-corrected chi connectivity index (χ4v) is 2.05. The van der Waals surface area contributed by atoms with Gasteiger partial charge in [0, 0.05) is 17.7 Å². The number of halogens is 3. The average Bonchev–Trinajstić information content (AvgIpc) is 2.38. The maximum Gasteiger partial charge on any atom is 0.573 e. The van der Waals surface area contributed by atoms with E-state index in [0.717, 1.165) is 18.9 Å².